The Labute approximate surface area is 283 Å². The van der Waals surface area contributed by atoms with Crippen LogP contribution in [-0.2, 0) is 52.5 Å². The summed E-state index contributed by atoms with van der Waals surface area (Å²) in [6.45, 7) is 13.7. The van der Waals surface area contributed by atoms with Crippen molar-refractivity contribution >= 4 is 29.7 Å². The van der Waals surface area contributed by atoms with Crippen molar-refractivity contribution in [3.05, 3.63) is 11.8 Å². The third kappa shape index (κ3) is 4.03. The molecule has 0 bridgehead atoms. The van der Waals surface area contributed by atoms with Crippen LogP contribution in [0.5, 0.6) is 0 Å². The minimum atomic E-state index is -2.16. The SMILES string of the molecule is CC(=O)O[C@@H]1[C@H]2[C@H]3[C@H]([C@H](C)[C@H](OC(C)=O)[C@]2(C)[C@@H]2[C@@H]1[C@]1(C)C(=C[C@@]2(C)OO)OC(=O)[C@@]1(C)O)[C@]1(C)[C@H](C[C@@H]2O[C@@H]2[C@@H]1OC(C)=O)C(=O)[C@@H]3O. The number of fused-ring (bicyclic) bond motifs is 10. The van der Waals surface area contributed by atoms with E-state index in [1.807, 2.05) is 13.8 Å². The number of carbonyl (C=O) groups is 5. The summed E-state index contributed by atoms with van der Waals surface area (Å²) in [7, 11) is 0. The van der Waals surface area contributed by atoms with Gasteiger partial charge in [0.1, 0.15) is 41.9 Å². The van der Waals surface area contributed by atoms with Crippen LogP contribution in [0.1, 0.15) is 68.7 Å². The van der Waals surface area contributed by atoms with Crippen molar-refractivity contribution in [2.24, 2.45) is 57.7 Å². The predicted molar refractivity (Wildman–Crippen MR) is 162 cm³/mol. The Balaban J connectivity index is 1.53. The number of esters is 4. The fourth-order valence-corrected chi connectivity index (χ4v) is 12.6. The standard InChI is InChI=1S/C35H46O14/c1-12-20-19(24(40)23(39)16-10-17-25(47-17)29(32(16,20)6)46-15(4)38)21-26(44-13(2)36)22-27(33(21,7)28(12)45-14(3)37)31(5,49-43)11-18-34(22,8)35(9,42)30(41)48-18/h11-12,16-17,19-22,24-29,40,42-43H,10H2,1-9H3/t12-,16+,17-,19+,20-,21+,22+,24+,25-,26+,27+,28-,29-,31+,32-,33-,34-,35+/m0/s1. The molecule has 14 nitrogen and oxygen atoms in total. The number of carbonyl (C=O) groups excluding carboxylic acids is 5. The average molecular weight is 691 g/mol. The van der Waals surface area contributed by atoms with E-state index in [0.717, 1.165) is 0 Å². The summed E-state index contributed by atoms with van der Waals surface area (Å²) in [5.41, 5.74) is -7.90. The molecule has 2 aliphatic heterocycles. The Kier molecular flexibility index (Phi) is 7.28. The minimum Gasteiger partial charge on any atom is -0.462 e. The Hall–Kier alpha value is -2.91. The van der Waals surface area contributed by atoms with E-state index in [-0.39, 0.29) is 11.9 Å². The highest BCUT2D eigenvalue weighted by Crippen LogP contribution is 2.77. The maximum Gasteiger partial charge on any atom is 0.343 e. The number of hydrogen-bond acceptors (Lipinski definition) is 14. The van der Waals surface area contributed by atoms with E-state index in [2.05, 4.69) is 0 Å². The number of hydrogen-bond donors (Lipinski definition) is 3. The molecule has 0 aromatic heterocycles. The Bertz CT molecular complexity index is 1570. The highest BCUT2D eigenvalue weighted by molar-refractivity contribution is 5.88. The van der Waals surface area contributed by atoms with Gasteiger partial charge in [-0.1, -0.05) is 20.8 Å². The summed E-state index contributed by atoms with van der Waals surface area (Å²) in [5.74, 6) is -9.41. The van der Waals surface area contributed by atoms with E-state index in [1.54, 1.807) is 20.8 Å². The van der Waals surface area contributed by atoms with Gasteiger partial charge in [0, 0.05) is 61.2 Å². The van der Waals surface area contributed by atoms with Crippen LogP contribution in [0.15, 0.2) is 11.8 Å². The van der Waals surface area contributed by atoms with E-state index in [9.17, 15) is 39.4 Å². The van der Waals surface area contributed by atoms with Crippen LogP contribution >= 0.6 is 0 Å². The maximum atomic E-state index is 14.5. The molecule has 6 fully saturated rings. The lowest BCUT2D eigenvalue weighted by atomic mass is 9.39. The minimum absolute atomic E-state index is 0.000227. The lowest BCUT2D eigenvalue weighted by molar-refractivity contribution is -0.342. The van der Waals surface area contributed by atoms with Crippen molar-refractivity contribution in [1.29, 1.82) is 0 Å². The molecule has 14 heteroatoms. The molecule has 4 saturated carbocycles. The van der Waals surface area contributed by atoms with Crippen molar-refractivity contribution in [1.82, 2.24) is 0 Å². The molecular weight excluding hydrogens is 644 g/mol. The third-order valence-electron chi connectivity index (χ3n) is 14.3. The van der Waals surface area contributed by atoms with Crippen LogP contribution < -0.4 is 0 Å². The van der Waals surface area contributed by atoms with E-state index in [0.29, 0.717) is 6.42 Å². The second kappa shape index (κ2) is 10.3. The molecule has 0 spiro atoms. The largest absolute Gasteiger partial charge is 0.462 e. The van der Waals surface area contributed by atoms with Gasteiger partial charge in [-0.25, -0.2) is 9.68 Å². The summed E-state index contributed by atoms with van der Waals surface area (Å²) in [6, 6.07) is 0. The van der Waals surface area contributed by atoms with Crippen LogP contribution in [0.25, 0.3) is 0 Å². The fraction of sp³-hybridized carbons (Fsp3) is 0.800. The molecule has 7 rings (SSSR count). The molecule has 0 amide bonds. The lowest BCUT2D eigenvalue weighted by Crippen LogP contribution is -2.72. The smallest absolute Gasteiger partial charge is 0.343 e. The molecule has 49 heavy (non-hydrogen) atoms. The number of aliphatic hydroxyl groups excluding tert-OH is 1. The normalized spacial score (nSPS) is 54.9. The number of epoxide rings is 1. The van der Waals surface area contributed by atoms with Crippen LogP contribution in [-0.4, -0.2) is 93.0 Å². The van der Waals surface area contributed by atoms with Gasteiger partial charge in [-0.05, 0) is 45.1 Å². The Morgan fingerprint density at radius 2 is 1.47 bits per heavy atom. The number of rotatable bonds is 4. The molecule has 0 aromatic rings. The van der Waals surface area contributed by atoms with E-state index < -0.39 is 129 Å². The molecule has 270 valence electrons. The molecular formula is C35H46O14. The van der Waals surface area contributed by atoms with Gasteiger partial charge in [-0.3, -0.25) is 24.4 Å². The van der Waals surface area contributed by atoms with Crippen LogP contribution in [0, 0.1) is 57.7 Å². The predicted octanol–water partition coefficient (Wildman–Crippen LogP) is 1.73. The van der Waals surface area contributed by atoms with Gasteiger partial charge in [0.2, 0.25) is 0 Å². The van der Waals surface area contributed by atoms with Gasteiger partial charge in [-0.15, -0.1) is 0 Å². The van der Waals surface area contributed by atoms with Gasteiger partial charge in [-0.2, -0.15) is 0 Å². The topological polar surface area (TPSA) is 205 Å². The van der Waals surface area contributed by atoms with Gasteiger partial charge >= 0.3 is 23.9 Å². The molecule has 2 saturated heterocycles. The molecule has 0 radical (unpaired) electrons. The zero-order valence-electron chi connectivity index (χ0n) is 29.1. The van der Waals surface area contributed by atoms with Crippen molar-refractivity contribution in [2.45, 2.75) is 117 Å². The van der Waals surface area contributed by atoms with Gasteiger partial charge in [0.25, 0.3) is 0 Å². The summed E-state index contributed by atoms with van der Waals surface area (Å²) < 4.78 is 30.0. The van der Waals surface area contributed by atoms with Gasteiger partial charge < -0.3 is 33.9 Å². The first-order valence-corrected chi connectivity index (χ1v) is 17.0. The summed E-state index contributed by atoms with van der Waals surface area (Å²) in [6.07, 6.45) is -3.82. The van der Waals surface area contributed by atoms with E-state index in [4.69, 9.17) is 28.6 Å². The third-order valence-corrected chi connectivity index (χ3v) is 14.3. The van der Waals surface area contributed by atoms with Crippen molar-refractivity contribution in [2.75, 3.05) is 0 Å². The maximum absolute atomic E-state index is 14.5. The van der Waals surface area contributed by atoms with Gasteiger partial charge in [0.15, 0.2) is 11.4 Å². The molecule has 2 heterocycles. The van der Waals surface area contributed by atoms with Crippen molar-refractivity contribution in [3.63, 3.8) is 0 Å². The first-order valence-electron chi connectivity index (χ1n) is 17.0. The summed E-state index contributed by atoms with van der Waals surface area (Å²) in [4.78, 5) is 71.7. The second-order valence-electron chi connectivity index (χ2n) is 16.6. The number of ketones is 1. The summed E-state index contributed by atoms with van der Waals surface area (Å²) in [5, 5.41) is 34.8. The lowest BCUT2D eigenvalue weighted by Gasteiger charge is -2.66. The van der Waals surface area contributed by atoms with Crippen molar-refractivity contribution in [3.8, 4) is 0 Å². The van der Waals surface area contributed by atoms with E-state index >= 15 is 0 Å². The molecule has 0 aromatic carbocycles. The Morgan fingerprint density at radius 3 is 2.04 bits per heavy atom. The van der Waals surface area contributed by atoms with Crippen LogP contribution in [0.4, 0.5) is 0 Å². The average Bonchev–Trinajstić information content (AvgIpc) is 3.69. The molecule has 3 N–H and O–H groups in total. The number of ether oxygens (including phenoxy) is 5. The first-order chi connectivity index (χ1) is 22.6. The highest BCUT2D eigenvalue weighted by atomic mass is 17.1. The zero-order valence-corrected chi connectivity index (χ0v) is 29.1. The molecule has 7 aliphatic rings. The molecule has 18 atom stereocenters. The quantitative estimate of drug-likeness (QED) is 0.126. The van der Waals surface area contributed by atoms with Gasteiger partial charge in [0.05, 0.1) is 11.5 Å². The first kappa shape index (κ1) is 34.5. The second-order valence-corrected chi connectivity index (χ2v) is 16.6. The molecule has 0 unspecified atom stereocenters. The fourth-order valence-electron chi connectivity index (χ4n) is 12.6. The van der Waals surface area contributed by atoms with E-state index in [1.165, 1.54) is 33.8 Å². The highest BCUT2D eigenvalue weighted by Gasteiger charge is 2.84. The van der Waals surface area contributed by atoms with Crippen LogP contribution in [0.2, 0.25) is 0 Å². The molecule has 5 aliphatic carbocycles. The number of Topliss-reactive ketones (excluding diaryl/α,β-unsaturated/α-hetero) is 1. The van der Waals surface area contributed by atoms with Crippen LogP contribution in [0.3, 0.4) is 0 Å². The zero-order chi connectivity index (χ0) is 36.1. The van der Waals surface area contributed by atoms with Crippen molar-refractivity contribution < 1.29 is 68.0 Å². The summed E-state index contributed by atoms with van der Waals surface area (Å²) >= 11 is 0. The Morgan fingerprint density at radius 1 is 0.878 bits per heavy atom. The number of aliphatic hydroxyl groups is 2. The monoisotopic (exact) mass is 690 g/mol.